The van der Waals surface area contributed by atoms with Crippen LogP contribution in [0.2, 0.25) is 0 Å². The molecule has 204 valence electrons. The minimum absolute atomic E-state index is 0.0461. The van der Waals surface area contributed by atoms with Crippen molar-refractivity contribution in [3.05, 3.63) is 182 Å². The molecule has 0 spiro atoms. The third-order valence-corrected chi connectivity index (χ3v) is 17.2. The standard InChI is InChI=1S/C38H33NOP2/c1-32(40)39(41(33-20-8-2-9-21-33,34-22-10-3-11-23-34)35-24-12-4-13-25-35)42(36-26-14-5-15-27-36,37-28-16-6-17-29-37)38-30-18-7-19-31-38/h2-31H,1H3/q+2. The fourth-order valence-corrected chi connectivity index (χ4v) is 17.1. The monoisotopic (exact) mass is 581 g/mol. The van der Waals surface area contributed by atoms with Crippen LogP contribution in [0.4, 0.5) is 0 Å². The van der Waals surface area contributed by atoms with Crippen molar-refractivity contribution in [2.24, 2.45) is 0 Å². The number of benzene rings is 6. The van der Waals surface area contributed by atoms with Crippen molar-refractivity contribution in [1.29, 1.82) is 0 Å². The molecule has 0 N–H and O–H groups in total. The number of rotatable bonds is 8. The quantitative estimate of drug-likeness (QED) is 0.184. The van der Waals surface area contributed by atoms with Gasteiger partial charge in [-0.3, -0.25) is 4.79 Å². The third-order valence-electron chi connectivity index (χ3n) is 7.63. The molecule has 6 aromatic carbocycles. The maximum Gasteiger partial charge on any atom is 0.289 e. The summed E-state index contributed by atoms with van der Waals surface area (Å²) in [5.74, 6) is 0.0461. The van der Waals surface area contributed by atoms with Crippen LogP contribution in [0.25, 0.3) is 0 Å². The van der Waals surface area contributed by atoms with Gasteiger partial charge in [-0.05, 0) is 72.8 Å². The molecule has 4 heteroatoms. The molecule has 0 bridgehead atoms. The van der Waals surface area contributed by atoms with E-state index in [2.05, 4.69) is 186 Å². The van der Waals surface area contributed by atoms with E-state index in [1.165, 1.54) is 0 Å². The van der Waals surface area contributed by atoms with Crippen LogP contribution in [0.3, 0.4) is 0 Å². The molecule has 42 heavy (non-hydrogen) atoms. The topological polar surface area (TPSA) is 20.3 Å². The first kappa shape index (κ1) is 27.8. The van der Waals surface area contributed by atoms with Gasteiger partial charge in [0.2, 0.25) is 14.8 Å². The van der Waals surface area contributed by atoms with Crippen molar-refractivity contribution in [1.82, 2.24) is 4.44 Å². The fraction of sp³-hybridized carbons (Fsp3) is 0.0263. The Bertz CT molecular complexity index is 1410. The molecule has 0 radical (unpaired) electrons. The van der Waals surface area contributed by atoms with E-state index in [0.717, 1.165) is 31.8 Å². The van der Waals surface area contributed by atoms with Gasteiger partial charge < -0.3 is 0 Å². The van der Waals surface area contributed by atoms with Crippen molar-refractivity contribution in [2.75, 3.05) is 0 Å². The summed E-state index contributed by atoms with van der Waals surface area (Å²) in [7, 11) is -5.61. The van der Waals surface area contributed by atoms with Gasteiger partial charge in [-0.25, -0.2) is 0 Å². The van der Waals surface area contributed by atoms with Gasteiger partial charge in [0.25, 0.3) is 5.91 Å². The maximum atomic E-state index is 14.9. The Kier molecular flexibility index (Phi) is 8.11. The summed E-state index contributed by atoms with van der Waals surface area (Å²) in [6, 6.07) is 64.0. The van der Waals surface area contributed by atoms with E-state index in [1.54, 1.807) is 6.92 Å². The van der Waals surface area contributed by atoms with Crippen LogP contribution >= 0.6 is 14.8 Å². The second-order valence-electron chi connectivity index (χ2n) is 10.1. The molecule has 0 saturated carbocycles. The molecule has 0 saturated heterocycles. The average Bonchev–Trinajstić information content (AvgIpc) is 3.07. The molecular formula is C38H33NOP2+2. The molecule has 0 unspecified atom stereocenters. The number of nitrogens with zero attached hydrogens (tertiary/aromatic N) is 1. The largest absolute Gasteiger partial charge is 0.289 e. The van der Waals surface area contributed by atoms with Crippen molar-refractivity contribution in [2.45, 2.75) is 6.92 Å². The highest BCUT2D eigenvalue weighted by Gasteiger charge is 2.69. The van der Waals surface area contributed by atoms with E-state index in [0.29, 0.717) is 0 Å². The summed E-state index contributed by atoms with van der Waals surface area (Å²) in [5.41, 5.74) is 0. The summed E-state index contributed by atoms with van der Waals surface area (Å²) in [4.78, 5) is 14.9. The van der Waals surface area contributed by atoms with Crippen molar-refractivity contribution < 1.29 is 4.79 Å². The van der Waals surface area contributed by atoms with E-state index in [4.69, 9.17) is 0 Å². The first-order chi connectivity index (χ1) is 20.7. The molecule has 0 aliphatic heterocycles. The van der Waals surface area contributed by atoms with Crippen LogP contribution in [0, 0.1) is 0 Å². The lowest BCUT2D eigenvalue weighted by atomic mass is 10.4. The molecular weight excluding hydrogens is 548 g/mol. The van der Waals surface area contributed by atoms with E-state index in [-0.39, 0.29) is 5.91 Å². The van der Waals surface area contributed by atoms with Crippen LogP contribution < -0.4 is 31.8 Å². The SMILES string of the molecule is CC(=O)N([P+](c1ccccc1)(c1ccccc1)c1ccccc1)[P+](c1ccccc1)(c1ccccc1)c1ccccc1. The molecule has 0 aromatic heterocycles. The zero-order valence-electron chi connectivity index (χ0n) is 23.6. The molecule has 0 atom stereocenters. The summed E-state index contributed by atoms with van der Waals surface area (Å²) in [6.45, 7) is 1.76. The number of carbonyl (C=O) groups excluding carboxylic acids is 1. The van der Waals surface area contributed by atoms with Crippen LogP contribution in [0.15, 0.2) is 182 Å². The summed E-state index contributed by atoms with van der Waals surface area (Å²) >= 11 is 0. The molecule has 0 heterocycles. The Labute approximate surface area is 250 Å². The molecule has 2 nitrogen and oxygen atoms in total. The summed E-state index contributed by atoms with van der Waals surface area (Å²) in [6.07, 6.45) is 0. The van der Waals surface area contributed by atoms with Gasteiger partial charge >= 0.3 is 0 Å². The molecule has 6 aromatic rings. The number of amides is 1. The molecule has 0 aliphatic carbocycles. The summed E-state index contributed by atoms with van der Waals surface area (Å²) < 4.78 is 2.35. The van der Waals surface area contributed by atoms with Crippen molar-refractivity contribution in [3.8, 4) is 0 Å². The number of hydrogen-bond acceptors (Lipinski definition) is 1. The predicted octanol–water partition coefficient (Wildman–Crippen LogP) is 6.65. The highest BCUT2D eigenvalue weighted by Crippen LogP contribution is 2.75. The Hall–Kier alpha value is -4.35. The van der Waals surface area contributed by atoms with Gasteiger partial charge in [0.05, 0.1) is 0 Å². The third kappa shape index (κ3) is 4.68. The molecule has 0 fully saturated rings. The fourth-order valence-electron chi connectivity index (χ4n) is 6.04. The average molecular weight is 582 g/mol. The van der Waals surface area contributed by atoms with Gasteiger partial charge in [0, 0.05) is 6.92 Å². The van der Waals surface area contributed by atoms with Crippen LogP contribution in [-0.2, 0) is 4.79 Å². The lowest BCUT2D eigenvalue weighted by Crippen LogP contribution is -2.52. The number of hydrogen-bond donors (Lipinski definition) is 0. The second-order valence-corrected chi connectivity index (χ2v) is 16.8. The van der Waals surface area contributed by atoms with Gasteiger partial charge in [0.1, 0.15) is 31.8 Å². The van der Waals surface area contributed by atoms with Gasteiger partial charge in [-0.1, -0.05) is 114 Å². The Morgan fingerprint density at radius 2 is 0.524 bits per heavy atom. The predicted molar refractivity (Wildman–Crippen MR) is 183 cm³/mol. The highest BCUT2D eigenvalue weighted by molar-refractivity contribution is 8.07. The van der Waals surface area contributed by atoms with E-state index < -0.39 is 14.8 Å². The second kappa shape index (κ2) is 12.3. The zero-order valence-corrected chi connectivity index (χ0v) is 25.4. The van der Waals surface area contributed by atoms with Crippen LogP contribution in [-0.4, -0.2) is 10.3 Å². The molecule has 6 rings (SSSR count). The number of carbonyl (C=O) groups is 1. The van der Waals surface area contributed by atoms with Crippen molar-refractivity contribution in [3.63, 3.8) is 0 Å². The summed E-state index contributed by atoms with van der Waals surface area (Å²) in [5, 5.41) is 6.86. The normalized spacial score (nSPS) is 11.5. The lowest BCUT2D eigenvalue weighted by Gasteiger charge is -2.41. The Balaban J connectivity index is 1.88. The first-order valence-electron chi connectivity index (χ1n) is 14.1. The minimum atomic E-state index is -2.80. The molecule has 0 aliphatic rings. The first-order valence-corrected chi connectivity index (χ1v) is 17.6. The van der Waals surface area contributed by atoms with Crippen LogP contribution in [0.5, 0.6) is 0 Å². The lowest BCUT2D eigenvalue weighted by molar-refractivity contribution is -0.121. The zero-order chi connectivity index (χ0) is 28.8. The maximum absolute atomic E-state index is 14.9. The van der Waals surface area contributed by atoms with Crippen LogP contribution in [0.1, 0.15) is 6.92 Å². The van der Waals surface area contributed by atoms with Gasteiger partial charge in [-0.15, -0.1) is 0 Å². The van der Waals surface area contributed by atoms with E-state index in [1.807, 2.05) is 0 Å². The van der Waals surface area contributed by atoms with Gasteiger partial charge in [0.15, 0.2) is 0 Å². The van der Waals surface area contributed by atoms with E-state index >= 15 is 0 Å². The van der Waals surface area contributed by atoms with Crippen molar-refractivity contribution >= 4 is 52.6 Å². The van der Waals surface area contributed by atoms with E-state index in [9.17, 15) is 4.79 Å². The smallest absolute Gasteiger partial charge is 0.268 e. The minimum Gasteiger partial charge on any atom is -0.268 e. The highest BCUT2D eigenvalue weighted by atomic mass is 31.2. The Morgan fingerprint density at radius 3 is 0.667 bits per heavy atom. The van der Waals surface area contributed by atoms with Gasteiger partial charge in [-0.2, -0.15) is 0 Å². The molecule has 1 amide bonds. The Morgan fingerprint density at radius 1 is 0.357 bits per heavy atom.